The molecule has 0 radical (unpaired) electrons. The minimum Gasteiger partial charge on any atom is -0.470 e. The standard InChI is InChI=1S/C21H17ClFN5O2/c22-17-6-1-2-7-19(17)30-14-28-10-8-18(25-28)21(29)24-20-9-11-27(26-20)13-15-4-3-5-16(23)12-15/h1-12H,13-14H2,(H,24,26,29). The van der Waals surface area contributed by atoms with Crippen molar-refractivity contribution in [2.45, 2.75) is 13.3 Å². The molecule has 2 heterocycles. The molecule has 4 rings (SSSR count). The molecule has 4 aromatic rings. The Balaban J connectivity index is 1.34. The maximum absolute atomic E-state index is 13.3. The maximum atomic E-state index is 13.3. The van der Waals surface area contributed by atoms with Crippen LogP contribution in [0.25, 0.3) is 0 Å². The highest BCUT2D eigenvalue weighted by molar-refractivity contribution is 6.32. The Hall–Kier alpha value is -3.65. The zero-order chi connectivity index (χ0) is 20.9. The number of rotatable bonds is 7. The first-order chi connectivity index (χ1) is 14.6. The van der Waals surface area contributed by atoms with Crippen LogP contribution in [-0.2, 0) is 13.3 Å². The zero-order valence-corrected chi connectivity index (χ0v) is 16.5. The number of anilines is 1. The zero-order valence-electron chi connectivity index (χ0n) is 15.7. The van der Waals surface area contributed by atoms with E-state index < -0.39 is 5.91 Å². The van der Waals surface area contributed by atoms with Crippen molar-refractivity contribution in [1.82, 2.24) is 19.6 Å². The van der Waals surface area contributed by atoms with Crippen molar-refractivity contribution in [1.29, 1.82) is 0 Å². The highest BCUT2D eigenvalue weighted by Crippen LogP contribution is 2.23. The summed E-state index contributed by atoms with van der Waals surface area (Å²) >= 11 is 6.05. The molecule has 0 fully saturated rings. The van der Waals surface area contributed by atoms with Crippen LogP contribution in [0.5, 0.6) is 5.75 Å². The van der Waals surface area contributed by atoms with Crippen molar-refractivity contribution in [3.8, 4) is 5.75 Å². The number of nitrogens with one attached hydrogen (secondary N) is 1. The molecule has 0 aliphatic heterocycles. The fourth-order valence-corrected chi connectivity index (χ4v) is 2.96. The lowest BCUT2D eigenvalue weighted by atomic mass is 10.2. The summed E-state index contributed by atoms with van der Waals surface area (Å²) in [5, 5.41) is 11.7. The first kappa shape index (κ1) is 19.7. The molecule has 152 valence electrons. The quantitative estimate of drug-likeness (QED) is 0.481. The van der Waals surface area contributed by atoms with Gasteiger partial charge in [0.25, 0.3) is 5.91 Å². The van der Waals surface area contributed by atoms with E-state index in [2.05, 4.69) is 15.5 Å². The van der Waals surface area contributed by atoms with E-state index in [4.69, 9.17) is 16.3 Å². The van der Waals surface area contributed by atoms with Crippen molar-refractivity contribution >= 4 is 23.3 Å². The van der Waals surface area contributed by atoms with Crippen LogP contribution in [0.1, 0.15) is 16.1 Å². The molecule has 0 aliphatic carbocycles. The molecule has 7 nitrogen and oxygen atoms in total. The summed E-state index contributed by atoms with van der Waals surface area (Å²) in [7, 11) is 0. The normalized spacial score (nSPS) is 10.7. The lowest BCUT2D eigenvalue weighted by Gasteiger charge is -2.07. The number of nitrogens with zero attached hydrogens (tertiary/aromatic N) is 4. The number of halogens is 2. The Morgan fingerprint density at radius 2 is 1.87 bits per heavy atom. The SMILES string of the molecule is O=C(Nc1ccn(Cc2cccc(F)c2)n1)c1ccn(COc2ccccc2Cl)n1. The first-order valence-electron chi connectivity index (χ1n) is 9.07. The highest BCUT2D eigenvalue weighted by Gasteiger charge is 2.12. The highest BCUT2D eigenvalue weighted by atomic mass is 35.5. The molecule has 9 heteroatoms. The van der Waals surface area contributed by atoms with E-state index in [1.807, 2.05) is 12.1 Å². The van der Waals surface area contributed by atoms with Gasteiger partial charge >= 0.3 is 0 Å². The van der Waals surface area contributed by atoms with Gasteiger partial charge < -0.3 is 10.1 Å². The molecule has 30 heavy (non-hydrogen) atoms. The second kappa shape index (κ2) is 8.79. The Bertz CT molecular complexity index is 1170. The number of carbonyl (C=O) groups is 1. The Morgan fingerprint density at radius 3 is 2.70 bits per heavy atom. The second-order valence-corrected chi connectivity index (χ2v) is 6.83. The summed E-state index contributed by atoms with van der Waals surface area (Å²) in [6.07, 6.45) is 3.34. The monoisotopic (exact) mass is 425 g/mol. The lowest BCUT2D eigenvalue weighted by Crippen LogP contribution is -2.15. The molecule has 1 amide bonds. The molecule has 0 aliphatic rings. The van der Waals surface area contributed by atoms with Gasteiger partial charge in [-0.05, 0) is 35.9 Å². The van der Waals surface area contributed by atoms with Crippen LogP contribution in [0.15, 0.2) is 73.1 Å². The molecule has 0 unspecified atom stereocenters. The minimum atomic E-state index is -0.400. The predicted octanol–water partition coefficient (Wildman–Crippen LogP) is 4.21. The Labute approximate surface area is 176 Å². The van der Waals surface area contributed by atoms with E-state index in [1.165, 1.54) is 16.8 Å². The Kier molecular flexibility index (Phi) is 5.76. The van der Waals surface area contributed by atoms with Gasteiger partial charge in [-0.1, -0.05) is 35.9 Å². The number of para-hydroxylation sites is 1. The van der Waals surface area contributed by atoms with Crippen LogP contribution >= 0.6 is 11.6 Å². The molecule has 1 N–H and O–H groups in total. The van der Waals surface area contributed by atoms with E-state index in [0.717, 1.165) is 5.56 Å². The first-order valence-corrected chi connectivity index (χ1v) is 9.45. The number of carbonyl (C=O) groups excluding carboxylic acids is 1. The van der Waals surface area contributed by atoms with Gasteiger partial charge in [0.1, 0.15) is 11.6 Å². The largest absolute Gasteiger partial charge is 0.470 e. The summed E-state index contributed by atoms with van der Waals surface area (Å²) in [5.41, 5.74) is 0.991. The van der Waals surface area contributed by atoms with Crippen molar-refractivity contribution in [2.24, 2.45) is 0 Å². The van der Waals surface area contributed by atoms with E-state index >= 15 is 0 Å². The van der Waals surface area contributed by atoms with Gasteiger partial charge in [0.15, 0.2) is 18.2 Å². The van der Waals surface area contributed by atoms with E-state index in [1.54, 1.807) is 53.5 Å². The summed E-state index contributed by atoms with van der Waals surface area (Å²) < 4.78 is 22.0. The molecule has 2 aromatic heterocycles. The average Bonchev–Trinajstić information content (AvgIpc) is 3.37. The van der Waals surface area contributed by atoms with Crippen LogP contribution in [-0.4, -0.2) is 25.5 Å². The summed E-state index contributed by atoms with van der Waals surface area (Å²) in [6, 6.07) is 16.6. The Morgan fingerprint density at radius 1 is 1.03 bits per heavy atom. The summed E-state index contributed by atoms with van der Waals surface area (Å²) in [5.74, 6) is 0.201. The third-order valence-electron chi connectivity index (χ3n) is 4.18. The maximum Gasteiger partial charge on any atom is 0.277 e. The molecule has 0 atom stereocenters. The number of ether oxygens (including phenoxy) is 1. The molecule has 0 bridgehead atoms. The van der Waals surface area contributed by atoms with Crippen molar-refractivity contribution in [3.05, 3.63) is 95.2 Å². The van der Waals surface area contributed by atoms with Gasteiger partial charge in [0, 0.05) is 18.5 Å². The van der Waals surface area contributed by atoms with Crippen LogP contribution in [0.2, 0.25) is 5.02 Å². The van der Waals surface area contributed by atoms with Crippen molar-refractivity contribution in [2.75, 3.05) is 5.32 Å². The van der Waals surface area contributed by atoms with E-state index in [-0.39, 0.29) is 18.2 Å². The van der Waals surface area contributed by atoms with Crippen LogP contribution in [0.4, 0.5) is 10.2 Å². The number of benzene rings is 2. The van der Waals surface area contributed by atoms with Crippen LogP contribution < -0.4 is 10.1 Å². The lowest BCUT2D eigenvalue weighted by molar-refractivity contribution is 0.101. The van der Waals surface area contributed by atoms with Gasteiger partial charge in [-0.3, -0.25) is 9.48 Å². The fraction of sp³-hybridized carbons (Fsp3) is 0.0952. The van der Waals surface area contributed by atoms with Crippen molar-refractivity contribution in [3.63, 3.8) is 0 Å². The van der Waals surface area contributed by atoms with Gasteiger partial charge in [0.05, 0.1) is 11.6 Å². The molecule has 2 aromatic carbocycles. The smallest absolute Gasteiger partial charge is 0.277 e. The predicted molar refractivity (Wildman–Crippen MR) is 110 cm³/mol. The molecule has 0 spiro atoms. The van der Waals surface area contributed by atoms with Gasteiger partial charge in [-0.15, -0.1) is 0 Å². The van der Waals surface area contributed by atoms with Gasteiger partial charge in [-0.2, -0.15) is 10.2 Å². The number of aromatic nitrogens is 4. The summed E-state index contributed by atoms with van der Waals surface area (Å²) in [6.45, 7) is 0.501. The van der Waals surface area contributed by atoms with Gasteiger partial charge in [-0.25, -0.2) is 9.07 Å². The molecular weight excluding hydrogens is 409 g/mol. The number of amides is 1. The van der Waals surface area contributed by atoms with Gasteiger partial charge in [0.2, 0.25) is 0 Å². The fourth-order valence-electron chi connectivity index (χ4n) is 2.77. The third-order valence-corrected chi connectivity index (χ3v) is 4.49. The topological polar surface area (TPSA) is 74.0 Å². The van der Waals surface area contributed by atoms with Crippen LogP contribution in [0.3, 0.4) is 0 Å². The molecule has 0 saturated heterocycles. The van der Waals surface area contributed by atoms with E-state index in [0.29, 0.717) is 23.1 Å². The van der Waals surface area contributed by atoms with E-state index in [9.17, 15) is 9.18 Å². The molecule has 0 saturated carbocycles. The second-order valence-electron chi connectivity index (χ2n) is 6.43. The number of hydrogen-bond donors (Lipinski definition) is 1. The number of hydrogen-bond acceptors (Lipinski definition) is 4. The molecular formula is C21H17ClFN5O2. The van der Waals surface area contributed by atoms with Crippen molar-refractivity contribution < 1.29 is 13.9 Å². The minimum absolute atomic E-state index is 0.110. The average molecular weight is 426 g/mol. The summed E-state index contributed by atoms with van der Waals surface area (Å²) in [4.78, 5) is 12.4. The van der Waals surface area contributed by atoms with Crippen LogP contribution in [0, 0.1) is 5.82 Å². The third kappa shape index (κ3) is 4.84.